The molecule has 1 aliphatic heterocycles. The van der Waals surface area contributed by atoms with Gasteiger partial charge in [-0.1, -0.05) is 18.2 Å². The van der Waals surface area contributed by atoms with Crippen LogP contribution in [-0.2, 0) is 9.31 Å². The highest BCUT2D eigenvalue weighted by Crippen LogP contribution is 2.39. The molecule has 0 spiro atoms. The molecular weight excluding hydrogens is 286 g/mol. The fraction of sp³-hybridized carbons (Fsp3) is 0.375. The fourth-order valence-electron chi connectivity index (χ4n) is 2.28. The Morgan fingerprint density at radius 1 is 1.14 bits per heavy atom. The standard InChI is InChI=1S/C16H18BFO2S/c1-15(2)16(3,4)20-17(19-15)14(18)9-11-10-21-13-8-6-5-7-12(11)13/h5-10H,1-4H3. The van der Waals surface area contributed by atoms with Crippen LogP contribution in [0, 0.1) is 0 Å². The minimum Gasteiger partial charge on any atom is -0.398 e. The second kappa shape index (κ2) is 4.94. The zero-order valence-corrected chi connectivity index (χ0v) is 13.5. The van der Waals surface area contributed by atoms with Gasteiger partial charge in [-0.15, -0.1) is 11.3 Å². The summed E-state index contributed by atoms with van der Waals surface area (Å²) in [6, 6.07) is 7.97. The molecule has 3 rings (SSSR count). The summed E-state index contributed by atoms with van der Waals surface area (Å²) < 4.78 is 27.1. The van der Waals surface area contributed by atoms with Crippen LogP contribution in [0.25, 0.3) is 16.2 Å². The van der Waals surface area contributed by atoms with E-state index in [0.29, 0.717) is 0 Å². The normalized spacial score (nSPS) is 21.2. The Morgan fingerprint density at radius 3 is 2.43 bits per heavy atom. The van der Waals surface area contributed by atoms with E-state index in [2.05, 4.69) is 0 Å². The number of rotatable bonds is 2. The molecule has 0 radical (unpaired) electrons. The summed E-state index contributed by atoms with van der Waals surface area (Å²) in [4.78, 5) is 0. The molecule has 2 heterocycles. The zero-order chi connectivity index (χ0) is 15.3. The van der Waals surface area contributed by atoms with Gasteiger partial charge in [0.05, 0.1) is 11.2 Å². The fourth-order valence-corrected chi connectivity index (χ4v) is 3.20. The van der Waals surface area contributed by atoms with Gasteiger partial charge in [-0.25, -0.2) is 4.39 Å². The molecule has 21 heavy (non-hydrogen) atoms. The number of benzene rings is 1. The molecular formula is C16H18BFO2S. The Labute approximate surface area is 128 Å². The number of thiophene rings is 1. The summed E-state index contributed by atoms with van der Waals surface area (Å²) in [5.41, 5.74) is -0.584. The van der Waals surface area contributed by atoms with E-state index in [1.54, 1.807) is 11.3 Å². The van der Waals surface area contributed by atoms with Crippen molar-refractivity contribution in [3.63, 3.8) is 0 Å². The van der Waals surface area contributed by atoms with Crippen LogP contribution in [0.2, 0.25) is 0 Å². The lowest BCUT2D eigenvalue weighted by molar-refractivity contribution is 0.00578. The molecule has 0 aliphatic carbocycles. The maximum atomic E-state index is 14.5. The Bertz CT molecular complexity index is 689. The van der Waals surface area contributed by atoms with E-state index in [1.807, 2.05) is 57.3 Å². The first-order valence-corrected chi connectivity index (χ1v) is 7.87. The number of fused-ring (bicyclic) bond motifs is 1. The van der Waals surface area contributed by atoms with Gasteiger partial charge in [0.15, 0.2) is 0 Å². The van der Waals surface area contributed by atoms with Crippen molar-refractivity contribution in [2.24, 2.45) is 0 Å². The summed E-state index contributed by atoms with van der Waals surface area (Å²) >= 11 is 1.61. The lowest BCUT2D eigenvalue weighted by Gasteiger charge is -2.32. The molecule has 110 valence electrons. The van der Waals surface area contributed by atoms with Crippen LogP contribution >= 0.6 is 11.3 Å². The van der Waals surface area contributed by atoms with Crippen molar-refractivity contribution in [1.82, 2.24) is 0 Å². The molecule has 5 heteroatoms. The van der Waals surface area contributed by atoms with Crippen LogP contribution in [0.4, 0.5) is 4.39 Å². The van der Waals surface area contributed by atoms with Crippen molar-refractivity contribution in [1.29, 1.82) is 0 Å². The summed E-state index contributed by atoms with van der Waals surface area (Å²) in [7, 11) is -0.936. The summed E-state index contributed by atoms with van der Waals surface area (Å²) in [5, 5.41) is 3.00. The maximum Gasteiger partial charge on any atom is 0.525 e. The predicted molar refractivity (Wildman–Crippen MR) is 87.0 cm³/mol. The second-order valence-electron chi connectivity index (χ2n) is 6.30. The van der Waals surface area contributed by atoms with E-state index in [-0.39, 0.29) is 0 Å². The van der Waals surface area contributed by atoms with Gasteiger partial charge >= 0.3 is 7.12 Å². The topological polar surface area (TPSA) is 18.5 Å². The highest BCUT2D eigenvalue weighted by molar-refractivity contribution is 7.17. The van der Waals surface area contributed by atoms with Crippen LogP contribution in [0.15, 0.2) is 35.4 Å². The summed E-state index contributed by atoms with van der Waals surface area (Å²) in [5.74, 6) is 0. The van der Waals surface area contributed by atoms with Gasteiger partial charge in [-0.2, -0.15) is 0 Å². The van der Waals surface area contributed by atoms with Gasteiger partial charge in [0.2, 0.25) is 0 Å². The van der Waals surface area contributed by atoms with E-state index in [0.717, 1.165) is 15.6 Å². The molecule has 0 unspecified atom stereocenters. The van der Waals surface area contributed by atoms with Crippen molar-refractivity contribution < 1.29 is 13.7 Å². The first kappa shape index (κ1) is 14.8. The van der Waals surface area contributed by atoms with Crippen LogP contribution in [0.1, 0.15) is 33.3 Å². The van der Waals surface area contributed by atoms with E-state index >= 15 is 0 Å². The molecule has 0 saturated carbocycles. The molecule has 0 amide bonds. The molecule has 1 aliphatic rings. The minimum atomic E-state index is -0.936. The molecule has 2 aromatic rings. The molecule has 0 bridgehead atoms. The smallest absolute Gasteiger partial charge is 0.398 e. The highest BCUT2D eigenvalue weighted by atomic mass is 32.1. The Morgan fingerprint density at radius 2 is 1.76 bits per heavy atom. The van der Waals surface area contributed by atoms with Gasteiger partial charge in [0, 0.05) is 4.70 Å². The SMILES string of the molecule is CC1(C)OB(C(F)=Cc2csc3ccccc23)OC1(C)C. The van der Waals surface area contributed by atoms with E-state index in [9.17, 15) is 4.39 Å². The third-order valence-electron chi connectivity index (χ3n) is 4.28. The molecule has 1 fully saturated rings. The van der Waals surface area contributed by atoms with Crippen molar-refractivity contribution in [2.75, 3.05) is 0 Å². The third kappa shape index (κ3) is 2.54. The highest BCUT2D eigenvalue weighted by Gasteiger charge is 2.53. The maximum absolute atomic E-state index is 14.5. The monoisotopic (exact) mass is 304 g/mol. The Kier molecular flexibility index (Phi) is 3.47. The summed E-state index contributed by atoms with van der Waals surface area (Å²) in [6.07, 6.45) is 1.51. The van der Waals surface area contributed by atoms with Crippen molar-refractivity contribution >= 4 is 34.6 Å². The lowest BCUT2D eigenvalue weighted by Crippen LogP contribution is -2.41. The summed E-state index contributed by atoms with van der Waals surface area (Å²) in [6.45, 7) is 7.67. The van der Waals surface area contributed by atoms with Gasteiger partial charge < -0.3 is 9.31 Å². The zero-order valence-electron chi connectivity index (χ0n) is 12.6. The largest absolute Gasteiger partial charge is 0.525 e. The predicted octanol–water partition coefficient (Wildman–Crippen LogP) is 4.84. The first-order valence-electron chi connectivity index (χ1n) is 6.99. The molecule has 1 aromatic heterocycles. The van der Waals surface area contributed by atoms with Crippen LogP contribution < -0.4 is 0 Å². The molecule has 2 nitrogen and oxygen atoms in total. The quantitative estimate of drug-likeness (QED) is 0.739. The Hall–Kier alpha value is -1.17. The average molecular weight is 304 g/mol. The van der Waals surface area contributed by atoms with Crippen LogP contribution in [0.3, 0.4) is 0 Å². The Balaban J connectivity index is 1.91. The van der Waals surface area contributed by atoms with Crippen molar-refractivity contribution in [3.8, 4) is 0 Å². The van der Waals surface area contributed by atoms with E-state index in [4.69, 9.17) is 9.31 Å². The van der Waals surface area contributed by atoms with Crippen molar-refractivity contribution in [3.05, 3.63) is 40.9 Å². The van der Waals surface area contributed by atoms with Gasteiger partial charge in [0.25, 0.3) is 0 Å². The average Bonchev–Trinajstić information content (AvgIpc) is 2.89. The van der Waals surface area contributed by atoms with Crippen molar-refractivity contribution in [2.45, 2.75) is 38.9 Å². The van der Waals surface area contributed by atoms with Gasteiger partial charge in [-0.3, -0.25) is 0 Å². The number of halogens is 1. The third-order valence-corrected chi connectivity index (χ3v) is 5.26. The van der Waals surface area contributed by atoms with Crippen LogP contribution in [-0.4, -0.2) is 18.3 Å². The van der Waals surface area contributed by atoms with Crippen LogP contribution in [0.5, 0.6) is 0 Å². The van der Waals surface area contributed by atoms with Gasteiger partial charge in [0.1, 0.15) is 5.73 Å². The van der Waals surface area contributed by atoms with Gasteiger partial charge in [-0.05, 0) is 56.2 Å². The van der Waals surface area contributed by atoms with E-state index < -0.39 is 24.0 Å². The first-order chi connectivity index (χ1) is 9.80. The van der Waals surface area contributed by atoms with E-state index in [1.165, 1.54) is 6.08 Å². The molecule has 0 N–H and O–H groups in total. The number of hydrogen-bond donors (Lipinski definition) is 0. The molecule has 0 atom stereocenters. The molecule has 1 saturated heterocycles. The minimum absolute atomic E-state index is 0.391. The molecule has 1 aromatic carbocycles. The lowest BCUT2D eigenvalue weighted by atomic mass is 9.87. The second-order valence-corrected chi connectivity index (χ2v) is 7.22. The number of hydrogen-bond acceptors (Lipinski definition) is 3.